The van der Waals surface area contributed by atoms with Gasteiger partial charge in [0.2, 0.25) is 0 Å². The van der Waals surface area contributed by atoms with Crippen molar-refractivity contribution in [3.63, 3.8) is 0 Å². The molecule has 0 aliphatic heterocycles. The van der Waals surface area contributed by atoms with E-state index >= 15 is 0 Å². The molecule has 10 heteroatoms. The van der Waals surface area contributed by atoms with Crippen LogP contribution in [-0.4, -0.2) is 52.9 Å². The first-order chi connectivity index (χ1) is 18.2. The second-order valence-electron chi connectivity index (χ2n) is 8.33. The summed E-state index contributed by atoms with van der Waals surface area (Å²) >= 11 is 5.97. The van der Waals surface area contributed by atoms with Gasteiger partial charge in [-0.2, -0.15) is 0 Å². The van der Waals surface area contributed by atoms with Crippen molar-refractivity contribution in [3.8, 4) is 17.2 Å². The summed E-state index contributed by atoms with van der Waals surface area (Å²) in [6.07, 6.45) is -0.129. The number of methoxy groups -OCH3 is 1. The van der Waals surface area contributed by atoms with Crippen molar-refractivity contribution >= 4 is 40.3 Å². The molecule has 9 nitrogen and oxygen atoms in total. The molecule has 0 fully saturated rings. The van der Waals surface area contributed by atoms with Crippen molar-refractivity contribution in [1.82, 2.24) is 4.57 Å². The number of aromatic nitrogens is 1. The van der Waals surface area contributed by atoms with Crippen LogP contribution in [-0.2, 0) is 20.7 Å². The number of phenols is 2. The maximum absolute atomic E-state index is 13.4. The Labute approximate surface area is 222 Å². The molecule has 0 saturated heterocycles. The van der Waals surface area contributed by atoms with E-state index in [1.165, 1.54) is 17.7 Å². The number of esters is 2. The molecule has 196 valence electrons. The predicted octanol–water partition coefficient (Wildman–Crippen LogP) is 4.65. The molecule has 0 aliphatic carbocycles. The number of rotatable bonds is 8. The van der Waals surface area contributed by atoms with Gasteiger partial charge in [0.1, 0.15) is 19.0 Å². The Hall–Kier alpha value is -4.50. The molecule has 0 radical (unpaired) electrons. The highest BCUT2D eigenvalue weighted by molar-refractivity contribution is 6.30. The molecular formula is C28H24ClNO8. The van der Waals surface area contributed by atoms with Gasteiger partial charge in [0.15, 0.2) is 11.5 Å². The first kappa shape index (κ1) is 26.6. The summed E-state index contributed by atoms with van der Waals surface area (Å²) < 4.78 is 17.2. The fourth-order valence-corrected chi connectivity index (χ4v) is 4.14. The first-order valence-corrected chi connectivity index (χ1v) is 11.9. The summed E-state index contributed by atoms with van der Waals surface area (Å²) in [5, 5.41) is 20.0. The number of fused-ring (bicyclic) bond motifs is 1. The van der Waals surface area contributed by atoms with E-state index in [-0.39, 0.29) is 36.9 Å². The van der Waals surface area contributed by atoms with E-state index in [2.05, 4.69) is 0 Å². The molecule has 0 saturated carbocycles. The molecule has 0 atom stereocenters. The van der Waals surface area contributed by atoms with Crippen LogP contribution in [0, 0.1) is 6.92 Å². The Kier molecular flexibility index (Phi) is 7.87. The van der Waals surface area contributed by atoms with E-state index in [4.69, 9.17) is 25.8 Å². The standard InChI is InChI=1S/C28H24ClNO8/c1-16-21(15-26(33)37-11-12-38-28(35)18-5-10-24(31)25(32)13-18)22-14-20(36-2)8-9-23(22)30(16)27(34)17-3-6-19(29)7-4-17/h3-10,13-14,31-32H,11-12,15H2,1-2H3. The van der Waals surface area contributed by atoms with Gasteiger partial charge in [-0.05, 0) is 73.2 Å². The summed E-state index contributed by atoms with van der Waals surface area (Å²) in [7, 11) is 1.53. The lowest BCUT2D eigenvalue weighted by atomic mass is 10.1. The highest BCUT2D eigenvalue weighted by Crippen LogP contribution is 2.31. The van der Waals surface area contributed by atoms with Gasteiger partial charge in [0, 0.05) is 21.7 Å². The fourth-order valence-electron chi connectivity index (χ4n) is 4.01. The van der Waals surface area contributed by atoms with E-state index in [1.54, 1.807) is 49.4 Å². The van der Waals surface area contributed by atoms with E-state index in [1.807, 2.05) is 0 Å². The molecule has 0 unspecified atom stereocenters. The zero-order valence-electron chi connectivity index (χ0n) is 20.6. The minimum absolute atomic E-state index is 0.0364. The zero-order valence-corrected chi connectivity index (χ0v) is 21.3. The molecule has 0 aliphatic rings. The largest absolute Gasteiger partial charge is 0.504 e. The van der Waals surface area contributed by atoms with Crippen LogP contribution in [0.15, 0.2) is 60.7 Å². The highest BCUT2D eigenvalue weighted by atomic mass is 35.5. The molecular weight excluding hydrogens is 514 g/mol. The summed E-state index contributed by atoms with van der Waals surface area (Å²) in [4.78, 5) is 38.1. The van der Waals surface area contributed by atoms with Crippen molar-refractivity contribution in [3.05, 3.63) is 88.1 Å². The van der Waals surface area contributed by atoms with Crippen LogP contribution in [0.3, 0.4) is 0 Å². The average molecular weight is 538 g/mol. The molecule has 3 aromatic carbocycles. The van der Waals surface area contributed by atoms with Crippen LogP contribution in [0.5, 0.6) is 17.2 Å². The van der Waals surface area contributed by atoms with Crippen molar-refractivity contribution in [2.45, 2.75) is 13.3 Å². The van der Waals surface area contributed by atoms with Gasteiger partial charge in [0.05, 0.1) is 24.6 Å². The van der Waals surface area contributed by atoms with Crippen molar-refractivity contribution in [1.29, 1.82) is 0 Å². The smallest absolute Gasteiger partial charge is 0.338 e. The third kappa shape index (κ3) is 5.57. The average Bonchev–Trinajstić information content (AvgIpc) is 3.18. The van der Waals surface area contributed by atoms with E-state index in [0.29, 0.717) is 38.5 Å². The number of halogens is 1. The van der Waals surface area contributed by atoms with Crippen LogP contribution in [0.1, 0.15) is 32.0 Å². The summed E-state index contributed by atoms with van der Waals surface area (Å²) in [6, 6.07) is 15.3. The summed E-state index contributed by atoms with van der Waals surface area (Å²) in [5.74, 6) is -1.85. The monoisotopic (exact) mass is 537 g/mol. The Morgan fingerprint density at radius 3 is 2.24 bits per heavy atom. The van der Waals surface area contributed by atoms with Gasteiger partial charge < -0.3 is 24.4 Å². The third-order valence-electron chi connectivity index (χ3n) is 5.95. The van der Waals surface area contributed by atoms with Crippen molar-refractivity contribution in [2.24, 2.45) is 0 Å². The van der Waals surface area contributed by atoms with Crippen molar-refractivity contribution in [2.75, 3.05) is 20.3 Å². The van der Waals surface area contributed by atoms with Gasteiger partial charge in [0.25, 0.3) is 5.91 Å². The normalized spacial score (nSPS) is 10.8. The lowest BCUT2D eigenvalue weighted by Gasteiger charge is -2.09. The molecule has 4 rings (SSSR count). The lowest BCUT2D eigenvalue weighted by Crippen LogP contribution is -2.16. The molecule has 0 spiro atoms. The van der Waals surface area contributed by atoms with Gasteiger partial charge in [-0.15, -0.1) is 0 Å². The first-order valence-electron chi connectivity index (χ1n) is 11.5. The minimum Gasteiger partial charge on any atom is -0.504 e. The number of phenolic OH excluding ortho intramolecular Hbond substituents is 2. The number of aromatic hydroxyl groups is 2. The Morgan fingerprint density at radius 1 is 0.868 bits per heavy atom. The lowest BCUT2D eigenvalue weighted by molar-refractivity contribution is -0.143. The quantitative estimate of drug-likeness (QED) is 0.189. The van der Waals surface area contributed by atoms with Gasteiger partial charge in [-0.3, -0.25) is 14.2 Å². The Morgan fingerprint density at radius 2 is 1.55 bits per heavy atom. The Balaban J connectivity index is 1.48. The van der Waals surface area contributed by atoms with E-state index in [9.17, 15) is 24.6 Å². The Bertz CT molecular complexity index is 1520. The zero-order chi connectivity index (χ0) is 27.4. The van der Waals surface area contributed by atoms with Gasteiger partial charge in [-0.25, -0.2) is 4.79 Å². The van der Waals surface area contributed by atoms with Crippen LogP contribution in [0.4, 0.5) is 0 Å². The molecule has 1 aromatic heterocycles. The van der Waals surface area contributed by atoms with Gasteiger partial charge in [-0.1, -0.05) is 11.6 Å². The predicted molar refractivity (Wildman–Crippen MR) is 139 cm³/mol. The third-order valence-corrected chi connectivity index (χ3v) is 6.20. The highest BCUT2D eigenvalue weighted by Gasteiger charge is 2.22. The van der Waals surface area contributed by atoms with E-state index < -0.39 is 17.7 Å². The maximum Gasteiger partial charge on any atom is 0.338 e. The molecule has 1 heterocycles. The number of benzene rings is 3. The maximum atomic E-state index is 13.4. The number of nitrogens with zero attached hydrogens (tertiary/aromatic N) is 1. The number of carbonyl (C=O) groups excluding carboxylic acids is 3. The number of ether oxygens (including phenoxy) is 3. The molecule has 0 bridgehead atoms. The molecule has 38 heavy (non-hydrogen) atoms. The fraction of sp³-hybridized carbons (Fsp3) is 0.179. The second-order valence-corrected chi connectivity index (χ2v) is 8.77. The number of carbonyl (C=O) groups is 3. The van der Waals surface area contributed by atoms with Gasteiger partial charge >= 0.3 is 11.9 Å². The van der Waals surface area contributed by atoms with Crippen LogP contribution in [0.25, 0.3) is 10.9 Å². The molecule has 0 amide bonds. The summed E-state index contributed by atoms with van der Waals surface area (Å²) in [6.45, 7) is 1.34. The van der Waals surface area contributed by atoms with Crippen LogP contribution < -0.4 is 4.74 Å². The van der Waals surface area contributed by atoms with Crippen molar-refractivity contribution < 1.29 is 38.8 Å². The summed E-state index contributed by atoms with van der Waals surface area (Å²) in [5.41, 5.74) is 2.25. The topological polar surface area (TPSA) is 124 Å². The molecule has 4 aromatic rings. The second kappa shape index (κ2) is 11.3. The minimum atomic E-state index is -0.747. The molecule has 2 N–H and O–H groups in total. The SMILES string of the molecule is COc1ccc2c(c1)c(CC(=O)OCCOC(=O)c1ccc(O)c(O)c1)c(C)n2C(=O)c1ccc(Cl)cc1. The van der Waals surface area contributed by atoms with Crippen LogP contribution in [0.2, 0.25) is 5.02 Å². The number of hydrogen-bond donors (Lipinski definition) is 2. The van der Waals surface area contributed by atoms with Crippen LogP contribution >= 0.6 is 11.6 Å². The van der Waals surface area contributed by atoms with E-state index in [0.717, 1.165) is 12.1 Å². The number of hydrogen-bond acceptors (Lipinski definition) is 8.